The van der Waals surface area contributed by atoms with Crippen molar-refractivity contribution >= 4 is 29.7 Å². The van der Waals surface area contributed by atoms with Crippen LogP contribution in [0.4, 0.5) is 0 Å². The first-order chi connectivity index (χ1) is 12.3. The highest BCUT2D eigenvalue weighted by molar-refractivity contribution is 7.13. The number of carbonyl (C=O) groups excluding carboxylic acids is 1. The number of amides is 1. The summed E-state index contributed by atoms with van der Waals surface area (Å²) in [4.78, 5) is 18.0. The molecule has 2 N–H and O–H groups in total. The first-order valence-corrected chi connectivity index (χ1v) is 9.27. The van der Waals surface area contributed by atoms with Crippen molar-refractivity contribution < 1.29 is 4.79 Å². The number of nitrogens with one attached hydrogen (secondary N) is 2. The third-order valence-corrected chi connectivity index (χ3v) is 5.09. The number of hydrogen-bond donors (Lipinski definition) is 2. The highest BCUT2D eigenvalue weighted by Gasteiger charge is 2.21. The summed E-state index contributed by atoms with van der Waals surface area (Å²) in [6.45, 7) is 1.62. The molecule has 0 radical (unpaired) electrons. The van der Waals surface area contributed by atoms with E-state index in [1.54, 1.807) is 16.0 Å². The van der Waals surface area contributed by atoms with Crippen LogP contribution in [0, 0.1) is 0 Å². The second-order valence-corrected chi connectivity index (χ2v) is 6.93. The number of para-hydroxylation sites is 1. The van der Waals surface area contributed by atoms with Crippen LogP contribution in [0.1, 0.15) is 23.5 Å². The minimum Gasteiger partial charge on any atom is -0.348 e. The summed E-state index contributed by atoms with van der Waals surface area (Å²) < 4.78 is 1.73. The average Bonchev–Trinajstić information content (AvgIpc) is 3.41. The third-order valence-electron chi connectivity index (χ3n) is 4.22. The SMILES string of the molecule is Cl.O=C(NCC1CCCN1)c1nc(-c2cccs2)n(-c2ccccc2)n1. The smallest absolute Gasteiger partial charge is 0.291 e. The molecule has 1 amide bonds. The van der Waals surface area contributed by atoms with E-state index < -0.39 is 0 Å². The molecule has 0 aliphatic carbocycles. The molecule has 4 rings (SSSR count). The summed E-state index contributed by atoms with van der Waals surface area (Å²) in [6.07, 6.45) is 2.25. The number of hydrogen-bond acceptors (Lipinski definition) is 5. The van der Waals surface area contributed by atoms with Gasteiger partial charge in [0.05, 0.1) is 10.6 Å². The van der Waals surface area contributed by atoms with Crippen molar-refractivity contribution in [3.63, 3.8) is 0 Å². The Morgan fingerprint density at radius 1 is 1.27 bits per heavy atom. The second kappa shape index (κ2) is 8.44. The van der Waals surface area contributed by atoms with Crippen molar-refractivity contribution in [1.82, 2.24) is 25.4 Å². The molecule has 1 aromatic carbocycles. The van der Waals surface area contributed by atoms with Gasteiger partial charge in [0.15, 0.2) is 5.82 Å². The van der Waals surface area contributed by atoms with Crippen molar-refractivity contribution in [1.29, 1.82) is 0 Å². The zero-order valence-corrected chi connectivity index (χ0v) is 15.7. The molecule has 1 aliphatic rings. The average molecular weight is 390 g/mol. The van der Waals surface area contributed by atoms with Gasteiger partial charge in [-0.15, -0.1) is 28.8 Å². The molecule has 26 heavy (non-hydrogen) atoms. The largest absolute Gasteiger partial charge is 0.348 e. The van der Waals surface area contributed by atoms with Gasteiger partial charge in [0.2, 0.25) is 5.82 Å². The molecule has 1 fully saturated rings. The first kappa shape index (κ1) is 18.6. The van der Waals surface area contributed by atoms with Gasteiger partial charge in [-0.2, -0.15) is 0 Å². The van der Waals surface area contributed by atoms with E-state index in [-0.39, 0.29) is 24.1 Å². The van der Waals surface area contributed by atoms with E-state index in [4.69, 9.17) is 0 Å². The van der Waals surface area contributed by atoms with Gasteiger partial charge in [0.25, 0.3) is 5.91 Å². The summed E-state index contributed by atoms with van der Waals surface area (Å²) in [5.41, 5.74) is 0.884. The van der Waals surface area contributed by atoms with Gasteiger partial charge in [-0.3, -0.25) is 4.79 Å². The summed E-state index contributed by atoms with van der Waals surface area (Å²) in [5, 5.41) is 12.8. The standard InChI is InChI=1S/C18H19N5OS.ClH/c24-18(20-12-13-6-4-10-19-13)16-21-17(15-9-5-11-25-15)23(22-16)14-7-2-1-3-8-14;/h1-3,5,7-9,11,13,19H,4,6,10,12H2,(H,20,24);1H. The lowest BCUT2D eigenvalue weighted by atomic mass is 10.2. The van der Waals surface area contributed by atoms with E-state index in [2.05, 4.69) is 20.7 Å². The molecule has 1 saturated heterocycles. The molecule has 1 unspecified atom stereocenters. The molecular formula is C18H20ClN5OS. The predicted molar refractivity (Wildman–Crippen MR) is 105 cm³/mol. The lowest BCUT2D eigenvalue weighted by Crippen LogP contribution is -2.37. The number of carbonyl (C=O) groups is 1. The Morgan fingerprint density at radius 3 is 2.81 bits per heavy atom. The van der Waals surface area contributed by atoms with Crippen LogP contribution in [0.15, 0.2) is 47.8 Å². The summed E-state index contributed by atoms with van der Waals surface area (Å²) in [6, 6.07) is 14.0. The van der Waals surface area contributed by atoms with Crippen molar-refractivity contribution in [3.05, 3.63) is 53.7 Å². The van der Waals surface area contributed by atoms with Crippen LogP contribution >= 0.6 is 23.7 Å². The van der Waals surface area contributed by atoms with Gasteiger partial charge in [0, 0.05) is 12.6 Å². The van der Waals surface area contributed by atoms with Crippen LogP contribution in [-0.4, -0.2) is 39.8 Å². The van der Waals surface area contributed by atoms with E-state index in [9.17, 15) is 4.79 Å². The van der Waals surface area contributed by atoms with Gasteiger partial charge in [-0.1, -0.05) is 24.3 Å². The van der Waals surface area contributed by atoms with Crippen molar-refractivity contribution in [3.8, 4) is 16.4 Å². The monoisotopic (exact) mass is 389 g/mol. The maximum absolute atomic E-state index is 12.5. The fourth-order valence-corrected chi connectivity index (χ4v) is 3.65. The number of thiophene rings is 1. The zero-order chi connectivity index (χ0) is 17.1. The highest BCUT2D eigenvalue weighted by Crippen LogP contribution is 2.25. The van der Waals surface area contributed by atoms with Crippen molar-refractivity contribution in [2.24, 2.45) is 0 Å². The minimum atomic E-state index is -0.235. The maximum Gasteiger partial charge on any atom is 0.291 e. The Labute approximate surface area is 162 Å². The lowest BCUT2D eigenvalue weighted by Gasteiger charge is -2.09. The van der Waals surface area contributed by atoms with Gasteiger partial charge in [-0.05, 0) is 43.0 Å². The molecule has 6 nitrogen and oxygen atoms in total. The fraction of sp³-hybridized carbons (Fsp3) is 0.278. The minimum absolute atomic E-state index is 0. The van der Waals surface area contributed by atoms with E-state index in [1.807, 2.05) is 47.8 Å². The molecule has 0 spiro atoms. The van der Waals surface area contributed by atoms with E-state index in [1.165, 1.54) is 0 Å². The van der Waals surface area contributed by atoms with Gasteiger partial charge >= 0.3 is 0 Å². The molecule has 1 aliphatic heterocycles. The number of benzene rings is 1. The van der Waals surface area contributed by atoms with Crippen LogP contribution in [-0.2, 0) is 0 Å². The Hall–Kier alpha value is -2.22. The molecule has 136 valence electrons. The first-order valence-electron chi connectivity index (χ1n) is 8.39. The Kier molecular flexibility index (Phi) is 6.03. The lowest BCUT2D eigenvalue weighted by molar-refractivity contribution is 0.0940. The van der Waals surface area contributed by atoms with Gasteiger partial charge in [0.1, 0.15) is 0 Å². The number of aromatic nitrogens is 3. The van der Waals surface area contributed by atoms with Crippen LogP contribution in [0.2, 0.25) is 0 Å². The van der Waals surface area contributed by atoms with Gasteiger partial charge in [-0.25, -0.2) is 9.67 Å². The topological polar surface area (TPSA) is 71.8 Å². The normalized spacial score (nSPS) is 16.2. The fourth-order valence-electron chi connectivity index (χ4n) is 2.95. The Balaban J connectivity index is 0.00000196. The molecule has 1 atom stereocenters. The van der Waals surface area contributed by atoms with Crippen LogP contribution in [0.25, 0.3) is 16.4 Å². The third kappa shape index (κ3) is 3.95. The highest BCUT2D eigenvalue weighted by atomic mass is 35.5. The zero-order valence-electron chi connectivity index (χ0n) is 14.1. The molecule has 0 bridgehead atoms. The number of halogens is 1. The van der Waals surface area contributed by atoms with Crippen LogP contribution < -0.4 is 10.6 Å². The van der Waals surface area contributed by atoms with Crippen LogP contribution in [0.3, 0.4) is 0 Å². The quantitative estimate of drug-likeness (QED) is 0.703. The van der Waals surface area contributed by atoms with Crippen molar-refractivity contribution in [2.45, 2.75) is 18.9 Å². The van der Waals surface area contributed by atoms with E-state index >= 15 is 0 Å². The summed E-state index contributed by atoms with van der Waals surface area (Å²) >= 11 is 1.58. The molecule has 3 aromatic rings. The molecular weight excluding hydrogens is 370 g/mol. The maximum atomic E-state index is 12.5. The van der Waals surface area contributed by atoms with E-state index in [0.29, 0.717) is 18.4 Å². The van der Waals surface area contributed by atoms with E-state index in [0.717, 1.165) is 30.0 Å². The van der Waals surface area contributed by atoms with Gasteiger partial charge < -0.3 is 10.6 Å². The molecule has 8 heteroatoms. The predicted octanol–water partition coefficient (Wildman–Crippen LogP) is 2.90. The molecule has 3 heterocycles. The van der Waals surface area contributed by atoms with Crippen LogP contribution in [0.5, 0.6) is 0 Å². The molecule has 2 aromatic heterocycles. The Bertz CT molecular complexity index is 844. The van der Waals surface area contributed by atoms with Crippen molar-refractivity contribution in [2.75, 3.05) is 13.1 Å². The molecule has 0 saturated carbocycles. The summed E-state index contributed by atoms with van der Waals surface area (Å²) in [5.74, 6) is 0.650. The number of rotatable bonds is 5. The Morgan fingerprint density at radius 2 is 2.12 bits per heavy atom. The second-order valence-electron chi connectivity index (χ2n) is 5.99. The number of nitrogens with zero attached hydrogens (tertiary/aromatic N) is 3. The summed E-state index contributed by atoms with van der Waals surface area (Å²) in [7, 11) is 0.